The first-order chi connectivity index (χ1) is 8.83. The molecule has 1 aromatic carbocycles. The molecule has 0 bridgehead atoms. The van der Waals surface area contributed by atoms with Gasteiger partial charge in [0.25, 0.3) is 0 Å². The van der Waals surface area contributed by atoms with Crippen molar-refractivity contribution in [2.24, 2.45) is 0 Å². The van der Waals surface area contributed by atoms with Gasteiger partial charge < -0.3 is 4.74 Å². The fourth-order valence-electron chi connectivity index (χ4n) is 2.86. The molecule has 18 heavy (non-hydrogen) atoms. The molecule has 1 aliphatic rings. The van der Waals surface area contributed by atoms with Crippen LogP contribution < -0.4 is 0 Å². The predicted octanol–water partition coefficient (Wildman–Crippen LogP) is 4.70. The lowest BCUT2D eigenvalue weighted by molar-refractivity contribution is -0.00111. The standard InChI is InChI=1S/C17H26O/c1-3-5-14-7-9-15(10-8-14)16-11-12-17(6-4-2)18-13-16/h7-10,16-17H,3-6,11-13H2,1-2H3. The molecule has 0 aliphatic carbocycles. The third-order valence-corrected chi connectivity index (χ3v) is 3.97. The first kappa shape index (κ1) is 13.6. The summed E-state index contributed by atoms with van der Waals surface area (Å²) in [5, 5.41) is 0. The molecule has 2 unspecified atom stereocenters. The molecule has 0 radical (unpaired) electrons. The summed E-state index contributed by atoms with van der Waals surface area (Å²) in [5.74, 6) is 0.619. The van der Waals surface area contributed by atoms with Crippen molar-refractivity contribution < 1.29 is 4.74 Å². The van der Waals surface area contributed by atoms with Crippen LogP contribution in [0.5, 0.6) is 0 Å². The Morgan fingerprint density at radius 1 is 1.06 bits per heavy atom. The van der Waals surface area contributed by atoms with Crippen molar-refractivity contribution in [3.05, 3.63) is 35.4 Å². The van der Waals surface area contributed by atoms with E-state index in [9.17, 15) is 0 Å². The summed E-state index contributed by atoms with van der Waals surface area (Å²) >= 11 is 0. The maximum atomic E-state index is 5.96. The van der Waals surface area contributed by atoms with Gasteiger partial charge in [-0.05, 0) is 36.8 Å². The largest absolute Gasteiger partial charge is 0.378 e. The van der Waals surface area contributed by atoms with Gasteiger partial charge in [0.15, 0.2) is 0 Å². The van der Waals surface area contributed by atoms with E-state index in [0.717, 1.165) is 6.61 Å². The van der Waals surface area contributed by atoms with Crippen LogP contribution in [0.25, 0.3) is 0 Å². The maximum Gasteiger partial charge on any atom is 0.0575 e. The number of benzene rings is 1. The Labute approximate surface area is 112 Å². The van der Waals surface area contributed by atoms with Gasteiger partial charge in [0.2, 0.25) is 0 Å². The molecular formula is C17H26O. The second-order valence-corrected chi connectivity index (χ2v) is 5.51. The fourth-order valence-corrected chi connectivity index (χ4v) is 2.86. The van der Waals surface area contributed by atoms with Gasteiger partial charge in [0.1, 0.15) is 0 Å². The van der Waals surface area contributed by atoms with Crippen molar-refractivity contribution in [1.29, 1.82) is 0 Å². The summed E-state index contributed by atoms with van der Waals surface area (Å²) in [6.07, 6.45) is 7.92. The third-order valence-electron chi connectivity index (χ3n) is 3.97. The Kier molecular flexibility index (Phi) is 5.25. The molecule has 2 atom stereocenters. The zero-order valence-corrected chi connectivity index (χ0v) is 11.8. The minimum Gasteiger partial charge on any atom is -0.378 e. The third kappa shape index (κ3) is 3.58. The summed E-state index contributed by atoms with van der Waals surface area (Å²) < 4.78 is 5.96. The van der Waals surface area contributed by atoms with Gasteiger partial charge in [0.05, 0.1) is 12.7 Å². The number of ether oxygens (including phenoxy) is 1. The molecule has 1 heteroatoms. The van der Waals surface area contributed by atoms with Crippen molar-refractivity contribution >= 4 is 0 Å². The van der Waals surface area contributed by atoms with E-state index in [1.165, 1.54) is 49.7 Å². The SMILES string of the molecule is CCCc1ccc(C2CCC(CCC)OC2)cc1. The number of hydrogen-bond acceptors (Lipinski definition) is 1. The van der Waals surface area contributed by atoms with Crippen LogP contribution in [0.1, 0.15) is 63.0 Å². The monoisotopic (exact) mass is 246 g/mol. The molecule has 1 heterocycles. The lowest BCUT2D eigenvalue weighted by atomic mass is 9.90. The van der Waals surface area contributed by atoms with Crippen LogP contribution in [0, 0.1) is 0 Å². The highest BCUT2D eigenvalue weighted by atomic mass is 16.5. The van der Waals surface area contributed by atoms with Gasteiger partial charge in [-0.15, -0.1) is 0 Å². The molecule has 1 nitrogen and oxygen atoms in total. The molecular weight excluding hydrogens is 220 g/mol. The number of aryl methyl sites for hydroxylation is 1. The second-order valence-electron chi connectivity index (χ2n) is 5.51. The molecule has 0 spiro atoms. The van der Waals surface area contributed by atoms with Crippen LogP contribution in [-0.4, -0.2) is 12.7 Å². The van der Waals surface area contributed by atoms with Crippen LogP contribution in [0.4, 0.5) is 0 Å². The molecule has 1 aromatic rings. The van der Waals surface area contributed by atoms with Crippen LogP contribution >= 0.6 is 0 Å². The molecule has 0 amide bonds. The normalized spacial score (nSPS) is 24.1. The highest BCUT2D eigenvalue weighted by Gasteiger charge is 2.22. The van der Waals surface area contributed by atoms with E-state index in [1.54, 1.807) is 0 Å². The van der Waals surface area contributed by atoms with Crippen LogP contribution in [0.15, 0.2) is 24.3 Å². The Hall–Kier alpha value is -0.820. The zero-order valence-electron chi connectivity index (χ0n) is 11.8. The smallest absolute Gasteiger partial charge is 0.0575 e. The predicted molar refractivity (Wildman–Crippen MR) is 77.1 cm³/mol. The molecule has 0 N–H and O–H groups in total. The lowest BCUT2D eigenvalue weighted by Crippen LogP contribution is -2.24. The Balaban J connectivity index is 1.89. The highest BCUT2D eigenvalue weighted by molar-refractivity contribution is 5.25. The van der Waals surface area contributed by atoms with Crippen molar-refractivity contribution in [1.82, 2.24) is 0 Å². The van der Waals surface area contributed by atoms with E-state index >= 15 is 0 Å². The average Bonchev–Trinajstić information content (AvgIpc) is 2.41. The van der Waals surface area contributed by atoms with Crippen molar-refractivity contribution in [3.8, 4) is 0 Å². The molecule has 1 saturated heterocycles. The van der Waals surface area contributed by atoms with E-state index in [0.29, 0.717) is 12.0 Å². The van der Waals surface area contributed by atoms with Crippen molar-refractivity contribution in [2.45, 2.75) is 64.4 Å². The van der Waals surface area contributed by atoms with Crippen molar-refractivity contribution in [3.63, 3.8) is 0 Å². The van der Waals surface area contributed by atoms with Crippen LogP contribution in [0.3, 0.4) is 0 Å². The molecule has 0 aromatic heterocycles. The summed E-state index contributed by atoms with van der Waals surface area (Å²) in [7, 11) is 0. The minimum atomic E-state index is 0.519. The summed E-state index contributed by atoms with van der Waals surface area (Å²) in [6, 6.07) is 9.19. The van der Waals surface area contributed by atoms with E-state index in [1.807, 2.05) is 0 Å². The molecule has 0 saturated carbocycles. The second kappa shape index (κ2) is 6.94. The van der Waals surface area contributed by atoms with Gasteiger partial charge >= 0.3 is 0 Å². The average molecular weight is 246 g/mol. The van der Waals surface area contributed by atoms with E-state index in [4.69, 9.17) is 4.74 Å². The lowest BCUT2D eigenvalue weighted by Gasteiger charge is -2.29. The highest BCUT2D eigenvalue weighted by Crippen LogP contribution is 2.29. The Bertz CT molecular complexity index is 333. The summed E-state index contributed by atoms with van der Waals surface area (Å²) in [4.78, 5) is 0. The Morgan fingerprint density at radius 2 is 1.83 bits per heavy atom. The summed E-state index contributed by atoms with van der Waals surface area (Å²) in [5.41, 5.74) is 2.92. The van der Waals surface area contributed by atoms with E-state index in [-0.39, 0.29) is 0 Å². The molecule has 1 aliphatic heterocycles. The molecule has 2 rings (SSSR count). The zero-order chi connectivity index (χ0) is 12.8. The van der Waals surface area contributed by atoms with E-state index < -0.39 is 0 Å². The minimum absolute atomic E-state index is 0.519. The summed E-state index contributed by atoms with van der Waals surface area (Å²) in [6.45, 7) is 5.39. The quantitative estimate of drug-likeness (QED) is 0.731. The van der Waals surface area contributed by atoms with Crippen LogP contribution in [-0.2, 0) is 11.2 Å². The van der Waals surface area contributed by atoms with Gasteiger partial charge in [-0.2, -0.15) is 0 Å². The van der Waals surface area contributed by atoms with Crippen LogP contribution in [0.2, 0.25) is 0 Å². The maximum absolute atomic E-state index is 5.96. The van der Waals surface area contributed by atoms with Gasteiger partial charge in [-0.25, -0.2) is 0 Å². The van der Waals surface area contributed by atoms with E-state index in [2.05, 4.69) is 38.1 Å². The number of hydrogen-bond donors (Lipinski definition) is 0. The Morgan fingerprint density at radius 3 is 2.39 bits per heavy atom. The molecule has 100 valence electrons. The first-order valence-corrected chi connectivity index (χ1v) is 7.54. The van der Waals surface area contributed by atoms with Crippen molar-refractivity contribution in [2.75, 3.05) is 6.61 Å². The number of rotatable bonds is 5. The topological polar surface area (TPSA) is 9.23 Å². The fraction of sp³-hybridized carbons (Fsp3) is 0.647. The van der Waals surface area contributed by atoms with Gasteiger partial charge in [-0.3, -0.25) is 0 Å². The van der Waals surface area contributed by atoms with Gasteiger partial charge in [0, 0.05) is 5.92 Å². The van der Waals surface area contributed by atoms with Gasteiger partial charge in [-0.1, -0.05) is 51.0 Å². The first-order valence-electron chi connectivity index (χ1n) is 7.54. The molecule has 1 fully saturated rings.